The molecule has 2 N–H and O–H groups in total. The third kappa shape index (κ3) is 2.51. The van der Waals surface area contributed by atoms with Crippen molar-refractivity contribution in [1.29, 1.82) is 5.26 Å². The first kappa shape index (κ1) is 10.5. The number of nitrogens with zero attached hydrogens (tertiary/aromatic N) is 2. The van der Waals surface area contributed by atoms with Crippen molar-refractivity contribution >= 4 is 17.0 Å². The molecule has 1 heterocycles. The van der Waals surface area contributed by atoms with E-state index in [0.29, 0.717) is 6.42 Å². The molecule has 0 bridgehead atoms. The van der Waals surface area contributed by atoms with Crippen molar-refractivity contribution in [3.05, 3.63) is 24.3 Å². The van der Waals surface area contributed by atoms with Gasteiger partial charge in [-0.1, -0.05) is 12.1 Å². The molecule has 0 amide bonds. The third-order valence-corrected chi connectivity index (χ3v) is 2.40. The molecular weight excluding hydrogens is 200 g/mol. The molecule has 1 aromatic carbocycles. The highest BCUT2D eigenvalue weighted by molar-refractivity contribution is 5.77. The van der Waals surface area contributed by atoms with Crippen molar-refractivity contribution in [1.82, 2.24) is 9.97 Å². The Morgan fingerprint density at radius 2 is 2.19 bits per heavy atom. The van der Waals surface area contributed by atoms with E-state index in [4.69, 9.17) is 5.26 Å². The number of rotatable bonds is 5. The number of nitrogens with one attached hydrogen (secondary N) is 2. The maximum atomic E-state index is 8.39. The van der Waals surface area contributed by atoms with Crippen LogP contribution in [0.2, 0.25) is 0 Å². The van der Waals surface area contributed by atoms with Crippen LogP contribution >= 0.6 is 0 Å². The zero-order valence-electron chi connectivity index (χ0n) is 9.03. The standard InChI is InChI=1S/C12H14N4/c13-8-4-1-5-9-14-12-15-10-6-2-3-7-11(10)16-12/h2-3,6-7H,1,4-5,9H2,(H2,14,15,16). The van der Waals surface area contributed by atoms with Crippen molar-refractivity contribution < 1.29 is 0 Å². The van der Waals surface area contributed by atoms with Gasteiger partial charge in [-0.25, -0.2) is 4.98 Å². The molecule has 0 saturated carbocycles. The Morgan fingerprint density at radius 3 is 3.00 bits per heavy atom. The van der Waals surface area contributed by atoms with Gasteiger partial charge in [-0.3, -0.25) is 0 Å². The Balaban J connectivity index is 1.88. The van der Waals surface area contributed by atoms with E-state index < -0.39 is 0 Å². The van der Waals surface area contributed by atoms with Crippen LogP contribution in [0.15, 0.2) is 24.3 Å². The predicted octanol–water partition coefficient (Wildman–Crippen LogP) is 2.67. The zero-order chi connectivity index (χ0) is 11.2. The van der Waals surface area contributed by atoms with Gasteiger partial charge in [0.05, 0.1) is 17.1 Å². The van der Waals surface area contributed by atoms with Gasteiger partial charge in [0.15, 0.2) is 0 Å². The van der Waals surface area contributed by atoms with Crippen molar-refractivity contribution in [2.24, 2.45) is 0 Å². The van der Waals surface area contributed by atoms with Gasteiger partial charge in [-0.05, 0) is 25.0 Å². The van der Waals surface area contributed by atoms with Gasteiger partial charge < -0.3 is 10.3 Å². The molecule has 0 aliphatic rings. The second-order valence-corrected chi connectivity index (χ2v) is 3.64. The largest absolute Gasteiger partial charge is 0.356 e. The summed E-state index contributed by atoms with van der Waals surface area (Å²) in [6, 6.07) is 10.1. The summed E-state index contributed by atoms with van der Waals surface area (Å²) < 4.78 is 0. The van der Waals surface area contributed by atoms with Gasteiger partial charge in [0.25, 0.3) is 0 Å². The van der Waals surface area contributed by atoms with Gasteiger partial charge in [0, 0.05) is 13.0 Å². The SMILES string of the molecule is N#CCCCCNc1nc2ccccc2[nH]1. The first-order valence-electron chi connectivity index (χ1n) is 5.46. The van der Waals surface area contributed by atoms with Crippen LogP contribution in [0, 0.1) is 11.3 Å². The average molecular weight is 214 g/mol. The minimum Gasteiger partial charge on any atom is -0.356 e. The van der Waals surface area contributed by atoms with Crippen molar-refractivity contribution in [2.45, 2.75) is 19.3 Å². The van der Waals surface area contributed by atoms with Crippen LogP contribution in [-0.2, 0) is 0 Å². The Hall–Kier alpha value is -2.02. The van der Waals surface area contributed by atoms with Crippen LogP contribution in [-0.4, -0.2) is 16.5 Å². The number of H-pyrrole nitrogens is 1. The molecule has 16 heavy (non-hydrogen) atoms. The maximum Gasteiger partial charge on any atom is 0.201 e. The summed E-state index contributed by atoms with van der Waals surface area (Å²) in [5, 5.41) is 11.6. The highest BCUT2D eigenvalue weighted by Gasteiger charge is 1.99. The lowest BCUT2D eigenvalue weighted by Gasteiger charge is -1.99. The molecule has 1 aromatic heterocycles. The maximum absolute atomic E-state index is 8.39. The average Bonchev–Trinajstić information content (AvgIpc) is 2.71. The molecule has 4 heteroatoms. The van der Waals surface area contributed by atoms with E-state index in [-0.39, 0.29) is 0 Å². The predicted molar refractivity (Wildman–Crippen MR) is 64.0 cm³/mol. The number of imidazole rings is 1. The summed E-state index contributed by atoms with van der Waals surface area (Å²) in [7, 11) is 0. The summed E-state index contributed by atoms with van der Waals surface area (Å²) >= 11 is 0. The quantitative estimate of drug-likeness (QED) is 0.752. The van der Waals surface area contributed by atoms with Crippen LogP contribution in [0.25, 0.3) is 11.0 Å². The molecule has 0 aliphatic carbocycles. The Labute approximate surface area is 94.3 Å². The fourth-order valence-corrected chi connectivity index (χ4v) is 1.57. The van der Waals surface area contributed by atoms with Crippen LogP contribution in [0.1, 0.15) is 19.3 Å². The molecule has 0 aliphatic heterocycles. The number of hydrogen-bond donors (Lipinski definition) is 2. The topological polar surface area (TPSA) is 64.5 Å². The zero-order valence-corrected chi connectivity index (χ0v) is 9.03. The second kappa shape index (κ2) is 5.17. The highest BCUT2D eigenvalue weighted by atomic mass is 15.1. The molecule has 2 aromatic rings. The van der Waals surface area contributed by atoms with Gasteiger partial charge in [-0.15, -0.1) is 0 Å². The minimum atomic E-state index is 0.627. The molecule has 4 nitrogen and oxygen atoms in total. The van der Waals surface area contributed by atoms with E-state index in [9.17, 15) is 0 Å². The van der Waals surface area contributed by atoms with E-state index in [1.165, 1.54) is 0 Å². The Bertz CT molecular complexity index is 462. The number of nitriles is 1. The number of aromatic amines is 1. The van der Waals surface area contributed by atoms with E-state index in [0.717, 1.165) is 36.4 Å². The summed E-state index contributed by atoms with van der Waals surface area (Å²) in [5.41, 5.74) is 2.02. The van der Waals surface area contributed by atoms with Crippen molar-refractivity contribution in [3.8, 4) is 6.07 Å². The molecular formula is C12H14N4. The van der Waals surface area contributed by atoms with Gasteiger partial charge in [0.1, 0.15) is 0 Å². The third-order valence-electron chi connectivity index (χ3n) is 2.40. The van der Waals surface area contributed by atoms with E-state index >= 15 is 0 Å². The van der Waals surface area contributed by atoms with Gasteiger partial charge in [0.2, 0.25) is 5.95 Å². The highest BCUT2D eigenvalue weighted by Crippen LogP contribution is 2.13. The van der Waals surface area contributed by atoms with E-state index in [2.05, 4.69) is 21.4 Å². The number of para-hydroxylation sites is 2. The number of anilines is 1. The monoisotopic (exact) mass is 214 g/mol. The Morgan fingerprint density at radius 1 is 1.31 bits per heavy atom. The molecule has 0 atom stereocenters. The van der Waals surface area contributed by atoms with Gasteiger partial charge >= 0.3 is 0 Å². The summed E-state index contributed by atoms with van der Waals surface area (Å²) in [4.78, 5) is 7.60. The lowest BCUT2D eigenvalue weighted by atomic mass is 10.2. The smallest absolute Gasteiger partial charge is 0.201 e. The molecule has 0 fully saturated rings. The number of hydrogen-bond acceptors (Lipinski definition) is 3. The fraction of sp³-hybridized carbons (Fsp3) is 0.333. The molecule has 0 radical (unpaired) electrons. The first-order chi connectivity index (χ1) is 7.90. The van der Waals surface area contributed by atoms with Crippen molar-refractivity contribution in [3.63, 3.8) is 0 Å². The molecule has 2 rings (SSSR count). The number of fused-ring (bicyclic) bond motifs is 1. The normalized spacial score (nSPS) is 10.2. The van der Waals surface area contributed by atoms with Gasteiger partial charge in [-0.2, -0.15) is 5.26 Å². The van der Waals surface area contributed by atoms with Crippen LogP contribution in [0.4, 0.5) is 5.95 Å². The van der Waals surface area contributed by atoms with Crippen LogP contribution < -0.4 is 5.32 Å². The van der Waals surface area contributed by atoms with Crippen LogP contribution in [0.3, 0.4) is 0 Å². The summed E-state index contributed by atoms with van der Waals surface area (Å²) in [6.07, 6.45) is 2.55. The first-order valence-corrected chi connectivity index (χ1v) is 5.46. The summed E-state index contributed by atoms with van der Waals surface area (Å²) in [5.74, 6) is 0.804. The van der Waals surface area contributed by atoms with Crippen molar-refractivity contribution in [2.75, 3.05) is 11.9 Å². The van der Waals surface area contributed by atoms with E-state index in [1.54, 1.807) is 0 Å². The molecule has 82 valence electrons. The fourth-order valence-electron chi connectivity index (χ4n) is 1.57. The summed E-state index contributed by atoms with van der Waals surface area (Å²) in [6.45, 7) is 0.849. The molecule has 0 spiro atoms. The minimum absolute atomic E-state index is 0.627. The van der Waals surface area contributed by atoms with E-state index in [1.807, 2.05) is 24.3 Å². The molecule has 0 unspecified atom stereocenters. The number of benzene rings is 1. The Kier molecular flexibility index (Phi) is 3.39. The lowest BCUT2D eigenvalue weighted by molar-refractivity contribution is 0.781. The number of unbranched alkanes of at least 4 members (excludes halogenated alkanes) is 2. The second-order valence-electron chi connectivity index (χ2n) is 3.64. The lowest BCUT2D eigenvalue weighted by Crippen LogP contribution is -2.02. The van der Waals surface area contributed by atoms with Crippen LogP contribution in [0.5, 0.6) is 0 Å². The number of aromatic nitrogens is 2. The molecule has 0 saturated heterocycles.